The third kappa shape index (κ3) is 4.74. The normalized spacial score (nSPS) is 11.3. The molecule has 0 atom stereocenters. The fraction of sp³-hybridized carbons (Fsp3) is 0.118. The maximum atomic E-state index is 12.5. The molecular weight excluding hydrogens is 346 g/mol. The zero-order valence-corrected chi connectivity index (χ0v) is 14.4. The number of aliphatic carboxylic acids is 1. The lowest BCUT2D eigenvalue weighted by Crippen LogP contribution is -2.13. The van der Waals surface area contributed by atoms with Crippen LogP contribution in [0.2, 0.25) is 0 Å². The summed E-state index contributed by atoms with van der Waals surface area (Å²) in [6, 6.07) is 10.6. The Kier molecular flexibility index (Phi) is 5.66. The van der Waals surface area contributed by atoms with Crippen LogP contribution in [0.15, 0.2) is 53.4 Å². The van der Waals surface area contributed by atoms with E-state index in [9.17, 15) is 13.2 Å². The van der Waals surface area contributed by atoms with E-state index in [-0.39, 0.29) is 4.90 Å². The van der Waals surface area contributed by atoms with Gasteiger partial charge in [0, 0.05) is 12.1 Å². The number of methoxy groups -OCH3 is 2. The molecule has 0 fully saturated rings. The van der Waals surface area contributed by atoms with E-state index < -0.39 is 16.0 Å². The van der Waals surface area contributed by atoms with E-state index in [1.54, 1.807) is 18.2 Å². The number of benzene rings is 2. The van der Waals surface area contributed by atoms with E-state index in [0.29, 0.717) is 22.7 Å². The predicted octanol–water partition coefficient (Wildman–Crippen LogP) is 2.60. The van der Waals surface area contributed by atoms with Crippen LogP contribution in [-0.2, 0) is 14.8 Å². The van der Waals surface area contributed by atoms with Gasteiger partial charge in [-0.15, -0.1) is 0 Å². The standard InChI is InChI=1S/C17H17NO6S/c1-23-15-8-7-13(11-16(15)24-2)18-25(21,22)14-5-3-4-12(10-14)6-9-17(19)20/h3-11,18H,1-2H3,(H,19,20)/b9-6+. The van der Waals surface area contributed by atoms with Crippen molar-refractivity contribution in [3.8, 4) is 11.5 Å². The van der Waals surface area contributed by atoms with Crippen LogP contribution in [0.25, 0.3) is 6.08 Å². The molecule has 2 rings (SSSR count). The molecule has 0 saturated heterocycles. The van der Waals surface area contributed by atoms with Crippen molar-refractivity contribution in [3.63, 3.8) is 0 Å². The van der Waals surface area contributed by atoms with Crippen molar-refractivity contribution in [2.45, 2.75) is 4.90 Å². The molecule has 0 aliphatic rings. The number of rotatable bonds is 7. The number of carbonyl (C=O) groups is 1. The Morgan fingerprint density at radius 3 is 2.44 bits per heavy atom. The van der Waals surface area contributed by atoms with Gasteiger partial charge in [-0.1, -0.05) is 12.1 Å². The highest BCUT2D eigenvalue weighted by Gasteiger charge is 2.15. The van der Waals surface area contributed by atoms with Gasteiger partial charge in [0.25, 0.3) is 10.0 Å². The van der Waals surface area contributed by atoms with Gasteiger partial charge < -0.3 is 14.6 Å². The number of hydrogen-bond acceptors (Lipinski definition) is 5. The largest absolute Gasteiger partial charge is 0.493 e. The minimum absolute atomic E-state index is 0.00910. The molecule has 0 unspecified atom stereocenters. The predicted molar refractivity (Wildman–Crippen MR) is 93.5 cm³/mol. The highest BCUT2D eigenvalue weighted by Crippen LogP contribution is 2.30. The van der Waals surface area contributed by atoms with Gasteiger partial charge in [-0.2, -0.15) is 0 Å². The van der Waals surface area contributed by atoms with Crippen LogP contribution in [0, 0.1) is 0 Å². The average Bonchev–Trinajstić information content (AvgIpc) is 2.59. The second-order valence-corrected chi connectivity index (χ2v) is 6.60. The molecule has 0 aromatic heterocycles. The zero-order chi connectivity index (χ0) is 18.4. The lowest BCUT2D eigenvalue weighted by molar-refractivity contribution is -0.131. The highest BCUT2D eigenvalue weighted by atomic mass is 32.2. The molecule has 2 N–H and O–H groups in total. The van der Waals surface area contributed by atoms with Crippen molar-refractivity contribution in [2.24, 2.45) is 0 Å². The minimum atomic E-state index is -3.85. The lowest BCUT2D eigenvalue weighted by Gasteiger charge is -2.12. The molecule has 132 valence electrons. The first kappa shape index (κ1) is 18.3. The monoisotopic (exact) mass is 363 g/mol. The molecule has 0 aliphatic carbocycles. The average molecular weight is 363 g/mol. The number of sulfonamides is 1. The molecule has 25 heavy (non-hydrogen) atoms. The van der Waals surface area contributed by atoms with Gasteiger partial charge in [-0.25, -0.2) is 13.2 Å². The lowest BCUT2D eigenvalue weighted by atomic mass is 10.2. The summed E-state index contributed by atoms with van der Waals surface area (Å²) in [7, 11) is -0.910. The minimum Gasteiger partial charge on any atom is -0.493 e. The maximum absolute atomic E-state index is 12.5. The van der Waals surface area contributed by atoms with Crippen LogP contribution in [0.3, 0.4) is 0 Å². The molecule has 0 aliphatic heterocycles. The van der Waals surface area contributed by atoms with Gasteiger partial charge in [0.05, 0.1) is 24.8 Å². The van der Waals surface area contributed by atoms with Crippen molar-refractivity contribution >= 4 is 27.8 Å². The van der Waals surface area contributed by atoms with Crippen LogP contribution < -0.4 is 14.2 Å². The van der Waals surface area contributed by atoms with Gasteiger partial charge in [0.15, 0.2) is 11.5 Å². The van der Waals surface area contributed by atoms with Gasteiger partial charge in [-0.3, -0.25) is 4.72 Å². The van der Waals surface area contributed by atoms with Gasteiger partial charge in [0.1, 0.15) is 0 Å². The second kappa shape index (κ2) is 7.71. The summed E-state index contributed by atoms with van der Waals surface area (Å²) in [5, 5.41) is 8.65. The van der Waals surface area contributed by atoms with Crippen molar-refractivity contribution in [2.75, 3.05) is 18.9 Å². The molecule has 7 nitrogen and oxygen atoms in total. The van der Waals surface area contributed by atoms with E-state index in [0.717, 1.165) is 6.08 Å². The molecule has 2 aromatic rings. The molecule has 0 amide bonds. The number of carboxylic acid groups (broad SMARTS) is 1. The highest BCUT2D eigenvalue weighted by molar-refractivity contribution is 7.92. The first-order valence-corrected chi connectivity index (χ1v) is 8.60. The SMILES string of the molecule is COc1ccc(NS(=O)(=O)c2cccc(/C=C/C(=O)O)c2)cc1OC. The van der Waals surface area contributed by atoms with E-state index in [1.807, 2.05) is 0 Å². The summed E-state index contributed by atoms with van der Waals surface area (Å²) in [5.74, 6) is -0.246. The van der Waals surface area contributed by atoms with E-state index in [1.165, 1.54) is 44.6 Å². The van der Waals surface area contributed by atoms with Crippen LogP contribution >= 0.6 is 0 Å². The number of ether oxygens (including phenoxy) is 2. The third-order valence-corrected chi connectivity index (χ3v) is 4.60. The van der Waals surface area contributed by atoms with Gasteiger partial charge >= 0.3 is 5.97 Å². The summed E-state index contributed by atoms with van der Waals surface area (Å²) >= 11 is 0. The quantitative estimate of drug-likeness (QED) is 0.733. The molecule has 0 heterocycles. The topological polar surface area (TPSA) is 102 Å². The van der Waals surface area contributed by atoms with Crippen LogP contribution in [0.1, 0.15) is 5.56 Å². The molecule has 0 spiro atoms. The molecule has 0 saturated carbocycles. The number of anilines is 1. The number of carboxylic acids is 1. The molecule has 2 aromatic carbocycles. The fourth-order valence-corrected chi connectivity index (χ4v) is 3.17. The Bertz CT molecular complexity index is 905. The molecule has 0 bridgehead atoms. The van der Waals surface area contributed by atoms with Gasteiger partial charge in [0.2, 0.25) is 0 Å². The number of hydrogen-bond donors (Lipinski definition) is 2. The fourth-order valence-electron chi connectivity index (χ4n) is 2.07. The van der Waals surface area contributed by atoms with Crippen molar-refractivity contribution < 1.29 is 27.8 Å². The number of nitrogens with one attached hydrogen (secondary N) is 1. The summed E-state index contributed by atoms with van der Waals surface area (Å²) in [6.07, 6.45) is 2.26. The smallest absolute Gasteiger partial charge is 0.328 e. The Morgan fingerprint density at radius 1 is 1.08 bits per heavy atom. The summed E-state index contributed by atoms with van der Waals surface area (Å²) in [5.41, 5.74) is 0.765. The van der Waals surface area contributed by atoms with Gasteiger partial charge in [-0.05, 0) is 35.9 Å². The third-order valence-electron chi connectivity index (χ3n) is 3.22. The van der Waals surface area contributed by atoms with Crippen molar-refractivity contribution in [1.82, 2.24) is 0 Å². The van der Waals surface area contributed by atoms with Crippen LogP contribution in [0.4, 0.5) is 5.69 Å². The second-order valence-electron chi connectivity index (χ2n) is 4.92. The Labute approximate surface area is 145 Å². The van der Waals surface area contributed by atoms with Crippen molar-refractivity contribution in [1.29, 1.82) is 0 Å². The zero-order valence-electron chi connectivity index (χ0n) is 13.6. The Hall–Kier alpha value is -3.00. The Morgan fingerprint density at radius 2 is 1.80 bits per heavy atom. The van der Waals surface area contributed by atoms with E-state index in [4.69, 9.17) is 14.6 Å². The first-order chi connectivity index (χ1) is 11.9. The Balaban J connectivity index is 2.30. The molecule has 0 radical (unpaired) electrons. The summed E-state index contributed by atoms with van der Waals surface area (Å²) < 4.78 is 37.7. The first-order valence-electron chi connectivity index (χ1n) is 7.11. The van der Waals surface area contributed by atoms with E-state index in [2.05, 4.69) is 4.72 Å². The summed E-state index contributed by atoms with van der Waals surface area (Å²) in [4.78, 5) is 10.6. The van der Waals surface area contributed by atoms with E-state index >= 15 is 0 Å². The molecule has 8 heteroatoms. The molecular formula is C17H17NO6S. The maximum Gasteiger partial charge on any atom is 0.328 e. The summed E-state index contributed by atoms with van der Waals surface area (Å²) in [6.45, 7) is 0. The van der Waals surface area contributed by atoms with Crippen molar-refractivity contribution in [3.05, 3.63) is 54.1 Å². The van der Waals surface area contributed by atoms with Crippen LogP contribution in [-0.4, -0.2) is 33.7 Å². The van der Waals surface area contributed by atoms with Crippen LogP contribution in [0.5, 0.6) is 11.5 Å².